The van der Waals surface area contributed by atoms with Crippen LogP contribution < -0.4 is 4.72 Å². The van der Waals surface area contributed by atoms with Gasteiger partial charge in [-0.15, -0.1) is 5.10 Å². The Morgan fingerprint density at radius 3 is 2.83 bits per heavy atom. The van der Waals surface area contributed by atoms with E-state index >= 15 is 0 Å². The van der Waals surface area contributed by atoms with Crippen LogP contribution in [0.3, 0.4) is 0 Å². The summed E-state index contributed by atoms with van der Waals surface area (Å²) in [4.78, 5) is 0. The standard InChI is InChI=1S/C14H13FN4O2S2/c15-14-4-2-1-3-11(14)10-23(20,21)16-7-12-8-19(18-17-12)13-5-6-22-9-13/h1-6,8-9,16H,7,10H2. The van der Waals surface area contributed by atoms with Crippen molar-refractivity contribution < 1.29 is 12.8 Å². The first-order valence-electron chi connectivity index (χ1n) is 6.68. The van der Waals surface area contributed by atoms with Crippen molar-refractivity contribution in [2.24, 2.45) is 0 Å². The highest BCUT2D eigenvalue weighted by molar-refractivity contribution is 7.88. The molecule has 0 saturated carbocycles. The van der Waals surface area contributed by atoms with Gasteiger partial charge in [0, 0.05) is 10.9 Å². The average molecular weight is 352 g/mol. The van der Waals surface area contributed by atoms with Crippen molar-refractivity contribution in [1.29, 1.82) is 0 Å². The van der Waals surface area contributed by atoms with E-state index in [1.54, 1.807) is 16.9 Å². The quantitative estimate of drug-likeness (QED) is 0.737. The number of sulfonamides is 1. The Kier molecular flexibility index (Phi) is 4.51. The van der Waals surface area contributed by atoms with Crippen LogP contribution in [-0.2, 0) is 22.3 Å². The number of rotatable bonds is 6. The van der Waals surface area contributed by atoms with Gasteiger partial charge in [-0.25, -0.2) is 22.2 Å². The van der Waals surface area contributed by atoms with Crippen molar-refractivity contribution in [2.75, 3.05) is 0 Å². The number of hydrogen-bond acceptors (Lipinski definition) is 5. The molecule has 2 aromatic heterocycles. The van der Waals surface area contributed by atoms with Gasteiger partial charge < -0.3 is 0 Å². The summed E-state index contributed by atoms with van der Waals surface area (Å²) >= 11 is 1.53. The molecule has 1 aromatic carbocycles. The van der Waals surface area contributed by atoms with E-state index in [1.165, 1.54) is 29.5 Å². The third-order valence-corrected chi connectivity index (χ3v) is 5.03. The molecule has 0 bridgehead atoms. The Labute approximate surface area is 136 Å². The van der Waals surface area contributed by atoms with Gasteiger partial charge in [-0.05, 0) is 17.5 Å². The highest BCUT2D eigenvalue weighted by Gasteiger charge is 2.15. The number of nitrogens with zero attached hydrogens (tertiary/aromatic N) is 3. The molecule has 9 heteroatoms. The van der Waals surface area contributed by atoms with Crippen molar-refractivity contribution in [3.8, 4) is 5.69 Å². The summed E-state index contributed by atoms with van der Waals surface area (Å²) in [5.74, 6) is -0.959. The van der Waals surface area contributed by atoms with Crippen molar-refractivity contribution in [3.05, 3.63) is 64.4 Å². The lowest BCUT2D eigenvalue weighted by atomic mass is 10.2. The van der Waals surface area contributed by atoms with Gasteiger partial charge in [-0.1, -0.05) is 23.4 Å². The number of hydrogen-bond donors (Lipinski definition) is 1. The van der Waals surface area contributed by atoms with E-state index < -0.39 is 21.6 Å². The van der Waals surface area contributed by atoms with Crippen LogP contribution in [0.2, 0.25) is 0 Å². The predicted molar refractivity (Wildman–Crippen MR) is 85.1 cm³/mol. The number of benzene rings is 1. The number of nitrogens with one attached hydrogen (secondary N) is 1. The van der Waals surface area contributed by atoms with E-state index in [1.807, 2.05) is 16.8 Å². The third kappa shape index (κ3) is 4.01. The molecule has 0 aliphatic carbocycles. The van der Waals surface area contributed by atoms with E-state index in [-0.39, 0.29) is 12.1 Å². The first kappa shape index (κ1) is 15.8. The second-order valence-corrected chi connectivity index (χ2v) is 7.39. The summed E-state index contributed by atoms with van der Waals surface area (Å²) in [6.45, 7) is 0.000916. The summed E-state index contributed by atoms with van der Waals surface area (Å²) in [6.07, 6.45) is 1.65. The van der Waals surface area contributed by atoms with Crippen molar-refractivity contribution in [1.82, 2.24) is 19.7 Å². The highest BCUT2D eigenvalue weighted by Crippen LogP contribution is 2.12. The fourth-order valence-corrected chi connectivity index (χ4v) is 3.68. The SMILES string of the molecule is O=S(=O)(Cc1ccccc1F)NCc1cn(-c2ccsc2)nn1. The number of halogens is 1. The molecule has 3 rings (SSSR count). The molecule has 6 nitrogen and oxygen atoms in total. The summed E-state index contributed by atoms with van der Waals surface area (Å²) in [5, 5.41) is 11.7. The molecule has 0 atom stereocenters. The van der Waals surface area contributed by atoms with Crippen LogP contribution in [0.5, 0.6) is 0 Å². The topological polar surface area (TPSA) is 76.9 Å². The van der Waals surface area contributed by atoms with Gasteiger partial charge in [0.05, 0.1) is 29.9 Å². The van der Waals surface area contributed by atoms with Crippen LogP contribution in [-0.4, -0.2) is 23.4 Å². The normalized spacial score (nSPS) is 11.7. The third-order valence-electron chi connectivity index (χ3n) is 3.09. The molecule has 23 heavy (non-hydrogen) atoms. The van der Waals surface area contributed by atoms with Crippen LogP contribution >= 0.6 is 11.3 Å². The largest absolute Gasteiger partial charge is 0.220 e. The molecule has 120 valence electrons. The molecule has 0 radical (unpaired) electrons. The van der Waals surface area contributed by atoms with Gasteiger partial charge in [0.25, 0.3) is 0 Å². The first-order valence-corrected chi connectivity index (χ1v) is 9.27. The Bertz CT molecular complexity index is 891. The number of thiophene rings is 1. The molecule has 1 N–H and O–H groups in total. The van der Waals surface area contributed by atoms with Gasteiger partial charge in [0.15, 0.2) is 0 Å². The van der Waals surface area contributed by atoms with Crippen LogP contribution in [0, 0.1) is 5.82 Å². The molecule has 2 heterocycles. The summed E-state index contributed by atoms with van der Waals surface area (Å²) < 4.78 is 41.6. The van der Waals surface area contributed by atoms with E-state index in [9.17, 15) is 12.8 Å². The smallest absolute Gasteiger partial charge is 0.216 e. The fourth-order valence-electron chi connectivity index (χ4n) is 1.95. The van der Waals surface area contributed by atoms with Crippen LogP contribution in [0.1, 0.15) is 11.3 Å². The molecule has 0 unspecified atom stereocenters. The number of aromatic nitrogens is 3. The molecule has 3 aromatic rings. The average Bonchev–Trinajstić information content (AvgIpc) is 3.18. The zero-order valence-electron chi connectivity index (χ0n) is 11.9. The Hall–Kier alpha value is -2.10. The maximum atomic E-state index is 13.5. The van der Waals surface area contributed by atoms with E-state index in [2.05, 4.69) is 15.0 Å². The minimum absolute atomic E-state index is 0.000916. The summed E-state index contributed by atoms with van der Waals surface area (Å²) in [7, 11) is -3.66. The van der Waals surface area contributed by atoms with E-state index in [0.29, 0.717) is 5.69 Å². The van der Waals surface area contributed by atoms with Gasteiger partial charge in [0.2, 0.25) is 10.0 Å². The fraction of sp³-hybridized carbons (Fsp3) is 0.143. The van der Waals surface area contributed by atoms with E-state index in [4.69, 9.17) is 0 Å². The Balaban J connectivity index is 1.64. The Morgan fingerprint density at radius 2 is 2.09 bits per heavy atom. The molecular formula is C14H13FN4O2S2. The monoisotopic (exact) mass is 352 g/mol. The van der Waals surface area contributed by atoms with Crippen molar-refractivity contribution in [2.45, 2.75) is 12.3 Å². The second-order valence-electron chi connectivity index (χ2n) is 4.81. The van der Waals surface area contributed by atoms with Gasteiger partial charge in [-0.3, -0.25) is 0 Å². The lowest BCUT2D eigenvalue weighted by molar-refractivity contribution is 0.573. The van der Waals surface area contributed by atoms with Gasteiger partial charge in [-0.2, -0.15) is 11.3 Å². The first-order chi connectivity index (χ1) is 11.0. The van der Waals surface area contributed by atoms with Crippen LogP contribution in [0.15, 0.2) is 47.3 Å². The molecular weight excluding hydrogens is 339 g/mol. The molecule has 0 amide bonds. The highest BCUT2D eigenvalue weighted by atomic mass is 32.2. The molecule has 0 spiro atoms. The predicted octanol–water partition coefficient (Wildman–Crippen LogP) is 2.09. The molecule has 0 saturated heterocycles. The lowest BCUT2D eigenvalue weighted by Crippen LogP contribution is -2.25. The van der Waals surface area contributed by atoms with E-state index in [0.717, 1.165) is 5.69 Å². The Morgan fingerprint density at radius 1 is 1.26 bits per heavy atom. The summed E-state index contributed by atoms with van der Waals surface area (Å²) in [6, 6.07) is 7.67. The zero-order chi connectivity index (χ0) is 16.3. The van der Waals surface area contributed by atoms with Crippen molar-refractivity contribution >= 4 is 21.4 Å². The lowest BCUT2D eigenvalue weighted by Gasteiger charge is -2.06. The minimum Gasteiger partial charge on any atom is -0.220 e. The van der Waals surface area contributed by atoms with Gasteiger partial charge in [0.1, 0.15) is 5.82 Å². The van der Waals surface area contributed by atoms with Crippen LogP contribution in [0.25, 0.3) is 5.69 Å². The summed E-state index contributed by atoms with van der Waals surface area (Å²) in [5.41, 5.74) is 1.47. The van der Waals surface area contributed by atoms with Crippen LogP contribution in [0.4, 0.5) is 4.39 Å². The molecule has 0 aliphatic rings. The molecule has 0 fully saturated rings. The molecule has 0 aliphatic heterocycles. The second kappa shape index (κ2) is 6.57. The maximum Gasteiger partial charge on any atom is 0.216 e. The zero-order valence-corrected chi connectivity index (χ0v) is 13.5. The van der Waals surface area contributed by atoms with Crippen molar-refractivity contribution in [3.63, 3.8) is 0 Å². The van der Waals surface area contributed by atoms with Gasteiger partial charge >= 0.3 is 0 Å². The minimum atomic E-state index is -3.66. The maximum absolute atomic E-state index is 13.5.